The van der Waals surface area contributed by atoms with Gasteiger partial charge in [0, 0.05) is 17.3 Å². The van der Waals surface area contributed by atoms with Gasteiger partial charge in [-0.1, -0.05) is 30.3 Å². The molecule has 2 aromatic heterocycles. The lowest BCUT2D eigenvalue weighted by Crippen LogP contribution is -2.52. The van der Waals surface area contributed by atoms with Crippen LogP contribution in [0.5, 0.6) is 0 Å². The summed E-state index contributed by atoms with van der Waals surface area (Å²) in [7, 11) is 0. The molecule has 4 aromatic rings. The summed E-state index contributed by atoms with van der Waals surface area (Å²) in [6.07, 6.45) is 4.30. The zero-order valence-electron chi connectivity index (χ0n) is 19.7. The number of hydrogen-bond acceptors (Lipinski definition) is 8. The molecule has 2 aliphatic rings. The van der Waals surface area contributed by atoms with Crippen LogP contribution in [0.4, 0.5) is 17.3 Å². The molecule has 0 saturated carbocycles. The Kier molecular flexibility index (Phi) is 5.06. The first-order chi connectivity index (χ1) is 17.5. The zero-order valence-corrected chi connectivity index (χ0v) is 19.7. The second kappa shape index (κ2) is 8.42. The van der Waals surface area contributed by atoms with Crippen LogP contribution in [0.2, 0.25) is 0 Å². The molecule has 10 nitrogen and oxygen atoms in total. The lowest BCUT2D eigenvalue weighted by Gasteiger charge is -2.37. The standard InChI is InChI=1S/C26H23N9O/c1-14-11-28-23-20(14)26(36)35(18-6-4-3-5-7-18)25(33-23)15(2)32-24-21(22(27)29-13-30-24)16-8-9-17-12-31-34-19(17)10-16/h3-13,15,25H,1-2H3,(H,31,34)(H3,27,29,30,32)/t15?,25-/m0/s1. The Morgan fingerprint density at radius 3 is 2.81 bits per heavy atom. The number of amides is 1. The third kappa shape index (κ3) is 3.50. The van der Waals surface area contributed by atoms with E-state index in [1.807, 2.05) is 62.4 Å². The molecule has 2 aliphatic heterocycles. The van der Waals surface area contributed by atoms with Gasteiger partial charge in [-0.25, -0.2) is 20.0 Å². The predicted octanol–water partition coefficient (Wildman–Crippen LogP) is 3.57. The predicted molar refractivity (Wildman–Crippen MR) is 141 cm³/mol. The van der Waals surface area contributed by atoms with Crippen LogP contribution in [0, 0.1) is 0 Å². The first-order valence-corrected chi connectivity index (χ1v) is 11.5. The number of carbonyl (C=O) groups excluding carboxylic acids is 1. The van der Waals surface area contributed by atoms with Gasteiger partial charge in [0.2, 0.25) is 0 Å². The number of carbonyl (C=O) groups is 1. The molecule has 36 heavy (non-hydrogen) atoms. The van der Waals surface area contributed by atoms with Gasteiger partial charge in [-0.2, -0.15) is 5.10 Å². The van der Waals surface area contributed by atoms with E-state index in [0.29, 0.717) is 28.6 Å². The van der Waals surface area contributed by atoms with E-state index in [1.165, 1.54) is 6.33 Å². The number of amidine groups is 1. The van der Waals surface area contributed by atoms with Crippen molar-refractivity contribution in [2.24, 2.45) is 9.98 Å². The molecule has 0 bridgehead atoms. The van der Waals surface area contributed by atoms with E-state index in [4.69, 9.17) is 10.7 Å². The molecule has 0 fully saturated rings. The van der Waals surface area contributed by atoms with E-state index in [9.17, 15) is 4.79 Å². The van der Waals surface area contributed by atoms with Gasteiger partial charge >= 0.3 is 0 Å². The highest BCUT2D eigenvalue weighted by Crippen LogP contribution is 2.35. The number of aromatic amines is 1. The van der Waals surface area contributed by atoms with Crippen molar-refractivity contribution < 1.29 is 4.79 Å². The Labute approximate surface area is 206 Å². The van der Waals surface area contributed by atoms with E-state index < -0.39 is 6.17 Å². The third-order valence-corrected chi connectivity index (χ3v) is 6.40. The summed E-state index contributed by atoms with van der Waals surface area (Å²) in [5.74, 6) is 1.20. The maximum atomic E-state index is 13.7. The maximum absolute atomic E-state index is 13.7. The van der Waals surface area contributed by atoms with Crippen LogP contribution in [-0.4, -0.2) is 50.3 Å². The summed E-state index contributed by atoms with van der Waals surface area (Å²) in [6, 6.07) is 15.1. The summed E-state index contributed by atoms with van der Waals surface area (Å²) >= 11 is 0. The van der Waals surface area contributed by atoms with Crippen molar-refractivity contribution in [1.29, 1.82) is 0 Å². The summed E-state index contributed by atoms with van der Waals surface area (Å²) < 4.78 is 0. The molecule has 0 radical (unpaired) electrons. The van der Waals surface area contributed by atoms with Crippen molar-refractivity contribution in [1.82, 2.24) is 20.2 Å². The van der Waals surface area contributed by atoms with Gasteiger partial charge in [0.25, 0.3) is 5.91 Å². The highest BCUT2D eigenvalue weighted by Gasteiger charge is 2.40. The first kappa shape index (κ1) is 21.7. The number of aromatic nitrogens is 4. The molecule has 4 heterocycles. The lowest BCUT2D eigenvalue weighted by molar-refractivity contribution is -0.115. The second-order valence-electron chi connectivity index (χ2n) is 8.78. The molecule has 10 heteroatoms. The number of nitrogens with zero attached hydrogens (tertiary/aromatic N) is 6. The van der Waals surface area contributed by atoms with Gasteiger partial charge in [-0.3, -0.25) is 14.8 Å². The zero-order chi connectivity index (χ0) is 24.8. The number of anilines is 3. The fraction of sp³-hybridized carbons (Fsp3) is 0.154. The number of allylic oxidation sites excluding steroid dienone is 1. The fourth-order valence-electron chi connectivity index (χ4n) is 4.62. The van der Waals surface area contributed by atoms with Crippen LogP contribution in [0.15, 0.2) is 82.2 Å². The molecular formula is C26H23N9O. The molecule has 1 amide bonds. The molecule has 178 valence electrons. The molecule has 0 aliphatic carbocycles. The second-order valence-corrected chi connectivity index (χ2v) is 8.78. The lowest BCUT2D eigenvalue weighted by atomic mass is 10.0. The van der Waals surface area contributed by atoms with Gasteiger partial charge in [0.15, 0.2) is 12.0 Å². The monoisotopic (exact) mass is 477 g/mol. The third-order valence-electron chi connectivity index (χ3n) is 6.40. The van der Waals surface area contributed by atoms with Crippen LogP contribution in [0.3, 0.4) is 0 Å². The molecule has 2 aromatic carbocycles. The highest BCUT2D eigenvalue weighted by atomic mass is 16.2. The van der Waals surface area contributed by atoms with Gasteiger partial charge in [-0.05, 0) is 43.2 Å². The number of hydrogen-bond donors (Lipinski definition) is 3. The van der Waals surface area contributed by atoms with E-state index >= 15 is 0 Å². The Morgan fingerprint density at radius 1 is 1.14 bits per heavy atom. The molecule has 2 atom stereocenters. The van der Waals surface area contributed by atoms with Gasteiger partial charge < -0.3 is 11.1 Å². The minimum Gasteiger partial charge on any atom is -0.383 e. The minimum atomic E-state index is -0.569. The van der Waals surface area contributed by atoms with Crippen molar-refractivity contribution in [3.8, 4) is 11.1 Å². The van der Waals surface area contributed by atoms with Crippen LogP contribution in [0.1, 0.15) is 13.8 Å². The number of nitrogens with one attached hydrogen (secondary N) is 2. The number of fused-ring (bicyclic) bond motifs is 2. The molecular weight excluding hydrogens is 454 g/mol. The van der Waals surface area contributed by atoms with E-state index in [1.54, 1.807) is 17.3 Å². The number of nitrogens with two attached hydrogens (primary N) is 1. The summed E-state index contributed by atoms with van der Waals surface area (Å²) in [4.78, 5) is 33.3. The number of benzene rings is 2. The highest BCUT2D eigenvalue weighted by molar-refractivity contribution is 6.33. The molecule has 1 unspecified atom stereocenters. The SMILES string of the molecule is CC1=C2C(=O)N(c3ccccc3)[C@@H](C(C)Nc3ncnc(N)c3-c3ccc4cn[nH]c4c3)N=C2N=C1. The number of nitrogen functional groups attached to an aromatic ring is 1. The maximum Gasteiger partial charge on any atom is 0.264 e. The fourth-order valence-corrected chi connectivity index (χ4v) is 4.62. The summed E-state index contributed by atoms with van der Waals surface area (Å²) in [6.45, 7) is 3.83. The summed E-state index contributed by atoms with van der Waals surface area (Å²) in [5.41, 5.74) is 10.8. The van der Waals surface area contributed by atoms with E-state index in [-0.39, 0.29) is 11.9 Å². The van der Waals surface area contributed by atoms with E-state index in [0.717, 1.165) is 27.7 Å². The van der Waals surface area contributed by atoms with Crippen LogP contribution in [0.25, 0.3) is 22.0 Å². The van der Waals surface area contributed by atoms with Gasteiger partial charge in [-0.15, -0.1) is 0 Å². The normalized spacial score (nSPS) is 17.9. The van der Waals surface area contributed by atoms with Crippen molar-refractivity contribution >= 4 is 46.2 Å². The van der Waals surface area contributed by atoms with Crippen LogP contribution >= 0.6 is 0 Å². The Hall–Kier alpha value is -4.86. The molecule has 6 rings (SSSR count). The average molecular weight is 478 g/mol. The Bertz CT molecular complexity index is 1590. The Balaban J connectivity index is 1.41. The Morgan fingerprint density at radius 2 is 1.97 bits per heavy atom. The average Bonchev–Trinajstić information content (AvgIpc) is 3.50. The smallest absolute Gasteiger partial charge is 0.264 e. The molecule has 0 spiro atoms. The quantitative estimate of drug-likeness (QED) is 0.402. The largest absolute Gasteiger partial charge is 0.383 e. The molecule has 4 N–H and O–H groups in total. The van der Waals surface area contributed by atoms with Gasteiger partial charge in [0.05, 0.1) is 28.9 Å². The van der Waals surface area contributed by atoms with Gasteiger partial charge in [0.1, 0.15) is 18.0 Å². The minimum absolute atomic E-state index is 0.132. The van der Waals surface area contributed by atoms with E-state index in [2.05, 4.69) is 30.5 Å². The van der Waals surface area contributed by atoms with Crippen molar-refractivity contribution in [3.63, 3.8) is 0 Å². The first-order valence-electron chi connectivity index (χ1n) is 11.5. The summed E-state index contributed by atoms with van der Waals surface area (Å²) in [5, 5.41) is 11.5. The number of aliphatic imine (C=N–C) groups is 2. The molecule has 0 saturated heterocycles. The number of para-hydroxylation sites is 1. The van der Waals surface area contributed by atoms with Crippen LogP contribution < -0.4 is 16.0 Å². The number of H-pyrrole nitrogens is 1. The van der Waals surface area contributed by atoms with Crippen molar-refractivity contribution in [2.45, 2.75) is 26.1 Å². The number of rotatable bonds is 5. The van der Waals surface area contributed by atoms with Crippen molar-refractivity contribution in [3.05, 3.63) is 72.2 Å². The van der Waals surface area contributed by atoms with Crippen molar-refractivity contribution in [2.75, 3.05) is 16.0 Å². The topological polar surface area (TPSA) is 138 Å². The van der Waals surface area contributed by atoms with Crippen LogP contribution in [-0.2, 0) is 4.79 Å².